The molecule has 0 atom stereocenters. The van der Waals surface area contributed by atoms with Crippen LogP contribution in [0.4, 0.5) is 4.79 Å². The lowest BCUT2D eigenvalue weighted by Crippen LogP contribution is -2.44. The first-order valence-corrected chi connectivity index (χ1v) is 8.36. The number of piperidine rings is 1. The van der Waals surface area contributed by atoms with Gasteiger partial charge in [-0.05, 0) is 63.2 Å². The third-order valence-corrected chi connectivity index (χ3v) is 5.27. The first-order valence-electron chi connectivity index (χ1n) is 8.36. The van der Waals surface area contributed by atoms with Crippen molar-refractivity contribution in [2.75, 3.05) is 19.7 Å². The summed E-state index contributed by atoms with van der Waals surface area (Å²) in [5.74, 6) is 0.393. The van der Waals surface area contributed by atoms with Crippen molar-refractivity contribution in [1.82, 2.24) is 4.90 Å². The lowest BCUT2D eigenvalue weighted by Gasteiger charge is -2.45. The lowest BCUT2D eigenvalue weighted by molar-refractivity contribution is -0.137. The summed E-state index contributed by atoms with van der Waals surface area (Å²) in [6.45, 7) is 3.59. The summed E-state index contributed by atoms with van der Waals surface area (Å²) in [6, 6.07) is 0. The highest BCUT2D eigenvalue weighted by atomic mass is 16.5. The minimum Gasteiger partial charge on any atom is -0.465 e. The topological polar surface area (TPSA) is 66.8 Å². The van der Waals surface area contributed by atoms with E-state index in [9.17, 15) is 9.59 Å². The number of hydrogen-bond donors (Lipinski definition) is 1. The van der Waals surface area contributed by atoms with Crippen molar-refractivity contribution >= 4 is 12.1 Å². The van der Waals surface area contributed by atoms with Crippen molar-refractivity contribution in [3.8, 4) is 0 Å². The smallest absolute Gasteiger partial charge is 0.407 e. The fourth-order valence-electron chi connectivity index (χ4n) is 3.75. The van der Waals surface area contributed by atoms with Crippen molar-refractivity contribution in [2.45, 2.75) is 51.9 Å². The van der Waals surface area contributed by atoms with Crippen LogP contribution in [0.25, 0.3) is 0 Å². The van der Waals surface area contributed by atoms with E-state index in [0.29, 0.717) is 31.0 Å². The van der Waals surface area contributed by atoms with E-state index in [2.05, 4.69) is 0 Å². The number of esters is 1. The number of hydrogen-bond acceptors (Lipinski definition) is 3. The molecule has 5 heteroatoms. The molecule has 0 aromatic heterocycles. The average molecular weight is 309 g/mol. The normalized spacial score (nSPS) is 22.1. The number of rotatable bonds is 4. The Hall–Kier alpha value is -1.52. The van der Waals surface area contributed by atoms with Crippen LogP contribution in [0.2, 0.25) is 0 Å². The zero-order valence-electron chi connectivity index (χ0n) is 13.4. The predicted octanol–water partition coefficient (Wildman–Crippen LogP) is 3.45. The molecule has 0 unspecified atom stereocenters. The van der Waals surface area contributed by atoms with E-state index in [1.807, 2.05) is 13.0 Å². The molecule has 124 valence electrons. The summed E-state index contributed by atoms with van der Waals surface area (Å²) in [5, 5.41) is 9.03. The van der Waals surface area contributed by atoms with Gasteiger partial charge in [0.2, 0.25) is 0 Å². The summed E-state index contributed by atoms with van der Waals surface area (Å²) < 4.78 is 4.87. The van der Waals surface area contributed by atoms with E-state index in [0.717, 1.165) is 19.3 Å². The molecule has 2 rings (SSSR count). The zero-order valence-corrected chi connectivity index (χ0v) is 13.4. The highest BCUT2D eigenvalue weighted by Gasteiger charge is 2.38. The summed E-state index contributed by atoms with van der Waals surface area (Å²) in [7, 11) is 0. The fourth-order valence-corrected chi connectivity index (χ4v) is 3.75. The Kier molecular flexibility index (Phi) is 5.86. The molecule has 2 fully saturated rings. The van der Waals surface area contributed by atoms with Crippen molar-refractivity contribution in [3.05, 3.63) is 12.2 Å². The highest BCUT2D eigenvalue weighted by molar-refractivity contribution is 5.81. The Bertz CT molecular complexity index is 414. The van der Waals surface area contributed by atoms with E-state index in [4.69, 9.17) is 9.84 Å². The number of likely N-dealkylation sites (tertiary alicyclic amines) is 1. The Morgan fingerprint density at radius 3 is 2.41 bits per heavy atom. The number of allylic oxidation sites excluding steroid dienone is 1. The van der Waals surface area contributed by atoms with Gasteiger partial charge in [-0.3, -0.25) is 0 Å². The molecule has 0 aromatic rings. The van der Waals surface area contributed by atoms with Crippen LogP contribution in [-0.4, -0.2) is 41.8 Å². The summed E-state index contributed by atoms with van der Waals surface area (Å²) >= 11 is 0. The van der Waals surface area contributed by atoms with Gasteiger partial charge < -0.3 is 14.7 Å². The molecule has 2 aliphatic rings. The van der Waals surface area contributed by atoms with Gasteiger partial charge in [-0.25, -0.2) is 9.59 Å². The van der Waals surface area contributed by atoms with Crippen LogP contribution < -0.4 is 0 Å². The van der Waals surface area contributed by atoms with Crippen LogP contribution in [0.15, 0.2) is 12.2 Å². The minimum atomic E-state index is -0.785. The van der Waals surface area contributed by atoms with E-state index in [1.54, 1.807) is 11.0 Å². The van der Waals surface area contributed by atoms with Crippen LogP contribution in [0.5, 0.6) is 0 Å². The Labute approximate surface area is 132 Å². The quantitative estimate of drug-likeness (QED) is 0.638. The third kappa shape index (κ3) is 4.49. The standard InChI is InChI=1S/C17H27NO4/c1-2-22-15(19)5-3-4-14-6-8-17(9-7-14)10-12-18(13-11-17)16(20)21/h3,5,14H,2,4,6-13H2,1H3,(H,20,21)/b5-3+. The molecule has 1 aliphatic heterocycles. The van der Waals surface area contributed by atoms with Gasteiger partial charge in [-0.1, -0.05) is 6.08 Å². The van der Waals surface area contributed by atoms with Gasteiger partial charge in [0.05, 0.1) is 6.61 Å². The van der Waals surface area contributed by atoms with Crippen LogP contribution in [0, 0.1) is 11.3 Å². The first kappa shape index (κ1) is 16.8. The van der Waals surface area contributed by atoms with Crippen molar-refractivity contribution < 1.29 is 19.4 Å². The molecular weight excluding hydrogens is 282 g/mol. The van der Waals surface area contributed by atoms with E-state index >= 15 is 0 Å². The van der Waals surface area contributed by atoms with Gasteiger partial charge in [-0.15, -0.1) is 0 Å². The molecule has 5 nitrogen and oxygen atoms in total. The molecule has 0 aromatic carbocycles. The summed E-state index contributed by atoms with van der Waals surface area (Å²) in [6.07, 6.45) is 10.4. The van der Waals surface area contributed by atoms with Crippen LogP contribution >= 0.6 is 0 Å². The van der Waals surface area contributed by atoms with Crippen LogP contribution in [-0.2, 0) is 9.53 Å². The van der Waals surface area contributed by atoms with Crippen molar-refractivity contribution in [1.29, 1.82) is 0 Å². The van der Waals surface area contributed by atoms with E-state index < -0.39 is 6.09 Å². The fraction of sp³-hybridized carbons (Fsp3) is 0.765. The molecule has 22 heavy (non-hydrogen) atoms. The van der Waals surface area contributed by atoms with Gasteiger partial charge in [0, 0.05) is 19.2 Å². The van der Waals surface area contributed by atoms with E-state index in [-0.39, 0.29) is 5.97 Å². The number of carbonyl (C=O) groups is 2. The van der Waals surface area contributed by atoms with Gasteiger partial charge in [0.15, 0.2) is 0 Å². The molecule has 1 saturated carbocycles. The zero-order chi connectivity index (χ0) is 16.0. The highest BCUT2D eigenvalue weighted by Crippen LogP contribution is 2.46. The maximum absolute atomic E-state index is 11.3. The number of carbonyl (C=O) groups excluding carboxylic acids is 1. The van der Waals surface area contributed by atoms with Gasteiger partial charge in [0.25, 0.3) is 0 Å². The second kappa shape index (κ2) is 7.65. The lowest BCUT2D eigenvalue weighted by atomic mass is 9.65. The Balaban J connectivity index is 1.72. The summed E-state index contributed by atoms with van der Waals surface area (Å²) in [4.78, 5) is 23.8. The maximum atomic E-state index is 11.3. The third-order valence-electron chi connectivity index (χ3n) is 5.27. The van der Waals surface area contributed by atoms with E-state index in [1.165, 1.54) is 25.7 Å². The van der Waals surface area contributed by atoms with Crippen molar-refractivity contribution in [3.63, 3.8) is 0 Å². The molecule has 1 spiro atoms. The van der Waals surface area contributed by atoms with Crippen LogP contribution in [0.1, 0.15) is 51.9 Å². The van der Waals surface area contributed by atoms with Gasteiger partial charge in [-0.2, -0.15) is 0 Å². The number of nitrogens with zero attached hydrogens (tertiary/aromatic N) is 1. The Morgan fingerprint density at radius 2 is 1.86 bits per heavy atom. The van der Waals surface area contributed by atoms with Gasteiger partial charge in [0.1, 0.15) is 0 Å². The van der Waals surface area contributed by atoms with Gasteiger partial charge >= 0.3 is 12.1 Å². The average Bonchev–Trinajstić information content (AvgIpc) is 2.50. The number of amides is 1. The molecule has 1 saturated heterocycles. The largest absolute Gasteiger partial charge is 0.465 e. The SMILES string of the molecule is CCOC(=O)/C=C/CC1CCC2(CC1)CCN(C(=O)O)CC2. The molecular formula is C17H27NO4. The van der Waals surface area contributed by atoms with Crippen molar-refractivity contribution in [2.24, 2.45) is 11.3 Å². The monoisotopic (exact) mass is 309 g/mol. The second-order valence-electron chi connectivity index (χ2n) is 6.60. The van der Waals surface area contributed by atoms with Crippen LogP contribution in [0.3, 0.4) is 0 Å². The maximum Gasteiger partial charge on any atom is 0.407 e. The molecule has 1 aliphatic carbocycles. The Morgan fingerprint density at radius 1 is 1.23 bits per heavy atom. The number of ether oxygens (including phenoxy) is 1. The molecule has 0 bridgehead atoms. The summed E-state index contributed by atoms with van der Waals surface area (Å²) in [5.41, 5.74) is 0.368. The first-order chi connectivity index (χ1) is 10.5. The minimum absolute atomic E-state index is 0.254. The molecule has 1 N–H and O–H groups in total. The second-order valence-corrected chi connectivity index (χ2v) is 6.60. The molecule has 1 amide bonds. The predicted molar refractivity (Wildman–Crippen MR) is 83.6 cm³/mol. The number of carboxylic acid groups (broad SMARTS) is 1. The molecule has 0 radical (unpaired) electrons. The molecule has 1 heterocycles.